The van der Waals surface area contributed by atoms with Crippen LogP contribution in [-0.2, 0) is 16.1 Å². The number of benzene rings is 1. The fourth-order valence-corrected chi connectivity index (χ4v) is 5.26. The summed E-state index contributed by atoms with van der Waals surface area (Å²) < 4.78 is 12.8. The number of aryl methyl sites for hydroxylation is 1. The molecule has 6 heteroatoms. The summed E-state index contributed by atoms with van der Waals surface area (Å²) >= 11 is 0. The number of hydrogen-bond donors (Lipinski definition) is 0. The quantitative estimate of drug-likeness (QED) is 0.105. The van der Waals surface area contributed by atoms with Crippen LogP contribution in [0.3, 0.4) is 0 Å². The summed E-state index contributed by atoms with van der Waals surface area (Å²) in [6, 6.07) is 14.6. The third-order valence-electron chi connectivity index (χ3n) is 8.12. The first-order valence-corrected chi connectivity index (χ1v) is 16.1. The molecule has 0 aliphatic rings. The minimum Gasteiger partial charge on any atom is -0.465 e. The summed E-state index contributed by atoms with van der Waals surface area (Å²) in [7, 11) is 0. The number of aromatic nitrogens is 1. The van der Waals surface area contributed by atoms with Crippen LogP contribution in [-0.4, -0.2) is 17.1 Å². The van der Waals surface area contributed by atoms with Crippen LogP contribution >= 0.6 is 0 Å². The molecule has 2 aromatic heterocycles. The van der Waals surface area contributed by atoms with Gasteiger partial charge in [-0.15, -0.1) is 0 Å². The van der Waals surface area contributed by atoms with E-state index in [0.717, 1.165) is 55.9 Å². The highest BCUT2D eigenvalue weighted by molar-refractivity contribution is 5.79. The van der Waals surface area contributed by atoms with Gasteiger partial charge in [-0.05, 0) is 63.1 Å². The number of carbonyl (C=O) groups is 1. The molecule has 0 saturated carbocycles. The minimum atomic E-state index is -0.423. The lowest BCUT2D eigenvalue weighted by atomic mass is 9.85. The van der Waals surface area contributed by atoms with E-state index in [-0.39, 0.29) is 16.9 Å². The standard InChI is InChI=1S/C36H51NO5/c1-28(2)23-24-36(3,4)35(40)41-26-18-13-11-9-7-5-6-8-10-12-17-25-37-32(38)22-21-30-27-31(34(39)42-33(30)37)29-19-15-14-16-20-29/h14-16,19-22,27-28H,5-13,17-18,23-26H2,1-4H3. The molecule has 0 saturated heterocycles. The Bertz CT molecular complexity index is 1350. The number of unbranched alkanes of at least 4 members (excludes halogenated alkanes) is 10. The molecular weight excluding hydrogens is 526 g/mol. The smallest absolute Gasteiger partial charge is 0.345 e. The average Bonchev–Trinajstić information content (AvgIpc) is 2.97. The number of carbonyl (C=O) groups excluding carboxylic acids is 1. The molecular formula is C36H51NO5. The fourth-order valence-electron chi connectivity index (χ4n) is 5.26. The third kappa shape index (κ3) is 10.6. The Balaban J connectivity index is 1.25. The summed E-state index contributed by atoms with van der Waals surface area (Å²) in [5.74, 6) is 0.545. The number of esters is 1. The molecule has 0 amide bonds. The summed E-state index contributed by atoms with van der Waals surface area (Å²) in [5, 5.41) is 0.759. The van der Waals surface area contributed by atoms with E-state index in [9.17, 15) is 14.4 Å². The lowest BCUT2D eigenvalue weighted by Gasteiger charge is -2.23. The van der Waals surface area contributed by atoms with Crippen molar-refractivity contribution in [2.75, 3.05) is 6.61 Å². The molecule has 230 valence electrons. The first-order valence-electron chi connectivity index (χ1n) is 16.1. The topological polar surface area (TPSA) is 78.5 Å². The highest BCUT2D eigenvalue weighted by Crippen LogP contribution is 2.26. The minimum absolute atomic E-state index is 0.0589. The van der Waals surface area contributed by atoms with Crippen molar-refractivity contribution in [3.63, 3.8) is 0 Å². The van der Waals surface area contributed by atoms with Gasteiger partial charge in [-0.25, -0.2) is 4.79 Å². The molecule has 6 nitrogen and oxygen atoms in total. The molecule has 0 aliphatic carbocycles. The highest BCUT2D eigenvalue weighted by Gasteiger charge is 2.29. The van der Waals surface area contributed by atoms with Gasteiger partial charge in [0.15, 0.2) is 0 Å². The van der Waals surface area contributed by atoms with Gasteiger partial charge in [0.2, 0.25) is 5.71 Å². The first kappa shape index (κ1) is 33.4. The third-order valence-corrected chi connectivity index (χ3v) is 8.12. The largest absolute Gasteiger partial charge is 0.465 e. The molecule has 0 fully saturated rings. The SMILES string of the molecule is CC(C)CCC(C)(C)C(=O)OCCCCCCCCCCCCCn1c(=O)ccc2cc(-c3ccccc3)c(=O)oc21. The number of fused-ring (bicyclic) bond motifs is 1. The van der Waals surface area contributed by atoms with Crippen LogP contribution in [0.15, 0.2) is 62.5 Å². The van der Waals surface area contributed by atoms with Crippen molar-refractivity contribution in [2.24, 2.45) is 11.3 Å². The maximum Gasteiger partial charge on any atom is 0.345 e. The average molecular weight is 578 g/mol. The Labute approximate surface area is 251 Å². The normalized spacial score (nSPS) is 11.8. The van der Waals surface area contributed by atoms with E-state index in [4.69, 9.17) is 9.15 Å². The molecule has 0 aliphatic heterocycles. The van der Waals surface area contributed by atoms with Gasteiger partial charge < -0.3 is 9.15 Å². The van der Waals surface area contributed by atoms with Gasteiger partial charge in [0, 0.05) is 18.0 Å². The van der Waals surface area contributed by atoms with E-state index in [1.54, 1.807) is 16.7 Å². The van der Waals surface area contributed by atoms with Crippen molar-refractivity contribution >= 4 is 17.1 Å². The van der Waals surface area contributed by atoms with Gasteiger partial charge in [0.1, 0.15) is 0 Å². The molecule has 0 radical (unpaired) electrons. The van der Waals surface area contributed by atoms with E-state index >= 15 is 0 Å². The Morgan fingerprint density at radius 3 is 2.05 bits per heavy atom. The van der Waals surface area contributed by atoms with Crippen molar-refractivity contribution in [1.82, 2.24) is 4.57 Å². The Morgan fingerprint density at radius 1 is 0.833 bits per heavy atom. The van der Waals surface area contributed by atoms with Crippen molar-refractivity contribution < 1.29 is 13.9 Å². The predicted molar refractivity (Wildman–Crippen MR) is 172 cm³/mol. The Morgan fingerprint density at radius 2 is 1.43 bits per heavy atom. The molecule has 3 aromatic rings. The van der Waals surface area contributed by atoms with Gasteiger partial charge in [-0.3, -0.25) is 14.2 Å². The lowest BCUT2D eigenvalue weighted by Crippen LogP contribution is -2.27. The first-order chi connectivity index (χ1) is 20.2. The van der Waals surface area contributed by atoms with Gasteiger partial charge in [-0.1, -0.05) is 102 Å². The molecule has 0 spiro atoms. The predicted octanol–water partition coefficient (Wildman–Crippen LogP) is 8.92. The van der Waals surface area contributed by atoms with Crippen LogP contribution in [0.5, 0.6) is 0 Å². The fraction of sp³-hybridized carbons (Fsp3) is 0.583. The van der Waals surface area contributed by atoms with Crippen LogP contribution in [0.25, 0.3) is 22.2 Å². The van der Waals surface area contributed by atoms with E-state index in [0.29, 0.717) is 30.3 Å². The molecule has 0 bridgehead atoms. The molecule has 2 heterocycles. The molecule has 1 aromatic carbocycles. The maximum atomic E-state index is 12.7. The molecule has 3 rings (SSSR count). The van der Waals surface area contributed by atoms with E-state index < -0.39 is 5.63 Å². The monoisotopic (exact) mass is 577 g/mol. The van der Waals surface area contributed by atoms with Crippen LogP contribution in [0.1, 0.15) is 111 Å². The van der Waals surface area contributed by atoms with Gasteiger partial charge in [-0.2, -0.15) is 0 Å². The molecule has 0 N–H and O–H groups in total. The van der Waals surface area contributed by atoms with Crippen molar-refractivity contribution in [3.05, 3.63) is 69.3 Å². The zero-order valence-corrected chi connectivity index (χ0v) is 26.3. The molecule has 42 heavy (non-hydrogen) atoms. The van der Waals surface area contributed by atoms with E-state index in [1.807, 2.05) is 50.2 Å². The van der Waals surface area contributed by atoms with E-state index in [2.05, 4.69) is 13.8 Å². The van der Waals surface area contributed by atoms with Gasteiger partial charge >= 0.3 is 11.6 Å². The van der Waals surface area contributed by atoms with Crippen molar-refractivity contribution in [2.45, 2.75) is 118 Å². The second-order valence-corrected chi connectivity index (χ2v) is 12.7. The lowest BCUT2D eigenvalue weighted by molar-refractivity contribution is -0.154. The Kier molecular flexibility index (Phi) is 13.6. The Hall–Kier alpha value is -3.15. The number of ether oxygens (including phenoxy) is 1. The molecule has 0 atom stereocenters. The maximum absolute atomic E-state index is 12.7. The van der Waals surface area contributed by atoms with E-state index in [1.165, 1.54) is 38.5 Å². The summed E-state index contributed by atoms with van der Waals surface area (Å²) in [4.78, 5) is 37.6. The zero-order chi connectivity index (χ0) is 30.4. The van der Waals surface area contributed by atoms with Crippen molar-refractivity contribution in [3.8, 4) is 11.1 Å². The number of rotatable bonds is 19. The number of hydrogen-bond acceptors (Lipinski definition) is 5. The number of pyridine rings is 1. The summed E-state index contributed by atoms with van der Waals surface area (Å²) in [6.07, 6.45) is 14.4. The van der Waals surface area contributed by atoms with Crippen LogP contribution in [0.4, 0.5) is 0 Å². The molecule has 0 unspecified atom stereocenters. The van der Waals surface area contributed by atoms with Crippen molar-refractivity contribution in [1.29, 1.82) is 0 Å². The zero-order valence-electron chi connectivity index (χ0n) is 26.3. The second kappa shape index (κ2) is 17.1. The van der Waals surface area contributed by atoms with Crippen LogP contribution in [0.2, 0.25) is 0 Å². The van der Waals surface area contributed by atoms with Gasteiger partial charge in [0.05, 0.1) is 17.6 Å². The van der Waals surface area contributed by atoms with Gasteiger partial charge in [0.25, 0.3) is 5.56 Å². The van der Waals surface area contributed by atoms with Crippen LogP contribution < -0.4 is 11.2 Å². The summed E-state index contributed by atoms with van der Waals surface area (Å²) in [5.41, 5.74) is 0.722. The highest BCUT2D eigenvalue weighted by atomic mass is 16.5. The summed E-state index contributed by atoms with van der Waals surface area (Å²) in [6.45, 7) is 9.44. The number of nitrogens with zero attached hydrogens (tertiary/aromatic N) is 1. The van der Waals surface area contributed by atoms with Crippen LogP contribution in [0, 0.1) is 11.3 Å². The second-order valence-electron chi connectivity index (χ2n) is 12.7.